The molecule has 5 saturated carbocycles. The summed E-state index contributed by atoms with van der Waals surface area (Å²) in [5, 5.41) is 89.7. The maximum absolute atomic E-state index is 12.5. The first-order valence-electron chi connectivity index (χ1n) is 22.2. The molecule has 8 aliphatic rings. The third-order valence-electron chi connectivity index (χ3n) is 18.2. The highest BCUT2D eigenvalue weighted by Gasteiger charge is 2.85. The van der Waals surface area contributed by atoms with Crippen molar-refractivity contribution >= 4 is 5.97 Å². The van der Waals surface area contributed by atoms with E-state index >= 15 is 0 Å². The Morgan fingerprint density at radius 1 is 0.746 bits per heavy atom. The molecular weight excluding hydrogens is 768 g/mol. The molecule has 8 rings (SSSR count). The van der Waals surface area contributed by atoms with Crippen molar-refractivity contribution in [3.8, 4) is 0 Å². The summed E-state index contributed by atoms with van der Waals surface area (Å²) >= 11 is 0. The lowest BCUT2D eigenvalue weighted by molar-refractivity contribution is -0.376. The molecule has 3 saturated heterocycles. The van der Waals surface area contributed by atoms with E-state index in [-0.39, 0.29) is 52.1 Å². The van der Waals surface area contributed by atoms with Gasteiger partial charge in [-0.3, -0.25) is 4.79 Å². The first kappa shape index (κ1) is 44.6. The van der Waals surface area contributed by atoms with Crippen LogP contribution in [0.15, 0.2) is 0 Å². The van der Waals surface area contributed by atoms with Crippen LogP contribution in [0.5, 0.6) is 0 Å². The molecule has 3 heterocycles. The zero-order chi connectivity index (χ0) is 43.2. The van der Waals surface area contributed by atoms with E-state index in [4.69, 9.17) is 28.4 Å². The number of rotatable bonds is 8. The van der Waals surface area contributed by atoms with Crippen LogP contribution in [0.3, 0.4) is 0 Å². The van der Waals surface area contributed by atoms with Gasteiger partial charge in [-0.05, 0) is 124 Å². The Kier molecular flexibility index (Phi) is 10.9. The van der Waals surface area contributed by atoms with Crippen molar-refractivity contribution in [2.75, 3.05) is 6.61 Å². The van der Waals surface area contributed by atoms with Gasteiger partial charge >= 0.3 is 5.97 Å². The van der Waals surface area contributed by atoms with Crippen molar-refractivity contribution in [1.29, 1.82) is 0 Å². The van der Waals surface area contributed by atoms with Crippen molar-refractivity contribution in [2.45, 2.75) is 217 Å². The molecule has 0 radical (unpaired) electrons. The normalized spacial score (nSPS) is 56.7. The standard InChI is InChI=1S/C44H72O15/c1-20-28(48)30(50)32(52)36(55-20)58-33-31(51)29(49)24(18-54-21(2)45)56-37(33)57-26-11-13-44-19-43(44)15-14-40(7)35(42(9)12-10-27(59-42)39(5,6)53)23(47)17-41(40,8)25(43)16-22(46)34(44)38(26,3)4/h20,22-37,46-53H,10-19H2,1-9H3. The number of hydrogen-bond donors (Lipinski definition) is 8. The molecule has 0 aromatic rings. The Labute approximate surface area is 348 Å². The third-order valence-corrected chi connectivity index (χ3v) is 18.2. The molecular formula is C44H72O15. The van der Waals surface area contributed by atoms with Gasteiger partial charge in [-0.2, -0.15) is 0 Å². The lowest BCUT2D eigenvalue weighted by atomic mass is 9.41. The number of esters is 1. The molecule has 2 spiro atoms. The van der Waals surface area contributed by atoms with Crippen LogP contribution < -0.4 is 0 Å². The predicted molar refractivity (Wildman–Crippen MR) is 208 cm³/mol. The molecule has 15 heteroatoms. The van der Waals surface area contributed by atoms with Crippen LogP contribution >= 0.6 is 0 Å². The summed E-state index contributed by atoms with van der Waals surface area (Å²) in [5.74, 6) is -0.692. The van der Waals surface area contributed by atoms with E-state index in [2.05, 4.69) is 34.6 Å². The second-order valence-corrected chi connectivity index (χ2v) is 22.1. The third kappa shape index (κ3) is 6.48. The van der Waals surface area contributed by atoms with E-state index in [1.807, 2.05) is 0 Å². The van der Waals surface area contributed by atoms with E-state index in [0.717, 1.165) is 38.5 Å². The van der Waals surface area contributed by atoms with E-state index < -0.39 is 102 Å². The number of aliphatic hydroxyl groups is 8. The summed E-state index contributed by atoms with van der Waals surface area (Å²) in [6.45, 7) is 17.0. The molecule has 5 aliphatic carbocycles. The molecule has 15 nitrogen and oxygen atoms in total. The van der Waals surface area contributed by atoms with Crippen LogP contribution in [0.25, 0.3) is 0 Å². The Hall–Kier alpha value is -1.05. The Bertz CT molecular complexity index is 1610. The highest BCUT2D eigenvalue weighted by molar-refractivity contribution is 5.65. The summed E-state index contributed by atoms with van der Waals surface area (Å²) in [7, 11) is 0. The van der Waals surface area contributed by atoms with Gasteiger partial charge in [0.15, 0.2) is 12.6 Å². The average Bonchev–Trinajstić information content (AvgIpc) is 3.49. The molecule has 3 aliphatic heterocycles. The summed E-state index contributed by atoms with van der Waals surface area (Å²) in [6.07, 6.45) is -9.44. The minimum absolute atomic E-state index is 0.0198. The minimum atomic E-state index is -1.69. The molecule has 0 amide bonds. The summed E-state index contributed by atoms with van der Waals surface area (Å²) in [5.41, 5.74) is -2.88. The van der Waals surface area contributed by atoms with Crippen molar-refractivity contribution in [1.82, 2.24) is 0 Å². The van der Waals surface area contributed by atoms with Crippen LogP contribution in [-0.2, 0) is 33.2 Å². The van der Waals surface area contributed by atoms with Gasteiger partial charge in [-0.25, -0.2) is 0 Å². The first-order valence-corrected chi connectivity index (χ1v) is 22.2. The largest absolute Gasteiger partial charge is 0.463 e. The smallest absolute Gasteiger partial charge is 0.302 e. The highest BCUT2D eigenvalue weighted by Crippen LogP contribution is 2.89. The topological polar surface area (TPSA) is 234 Å². The van der Waals surface area contributed by atoms with Gasteiger partial charge in [-0.1, -0.05) is 27.7 Å². The van der Waals surface area contributed by atoms with Crippen LogP contribution in [-0.4, -0.2) is 150 Å². The second kappa shape index (κ2) is 14.5. The van der Waals surface area contributed by atoms with E-state index in [1.54, 1.807) is 13.8 Å². The zero-order valence-electron chi connectivity index (χ0n) is 36.3. The van der Waals surface area contributed by atoms with Gasteiger partial charge in [0.2, 0.25) is 0 Å². The molecule has 0 aromatic carbocycles. The zero-order valence-corrected chi connectivity index (χ0v) is 36.3. The van der Waals surface area contributed by atoms with E-state index in [0.29, 0.717) is 19.3 Å². The van der Waals surface area contributed by atoms with Gasteiger partial charge in [0.05, 0.1) is 41.7 Å². The SMILES string of the molecule is CC(=O)OCC1OC(OC2CCC34CC35CCC3(C)C(C6(C)CCC(C(C)(C)O)O6)C(O)CC3(C)C5CC(O)C4C2(C)C)C(OC2OC(C)C(O)C(O)C2O)C(O)C1O. The minimum Gasteiger partial charge on any atom is -0.463 e. The monoisotopic (exact) mass is 840 g/mol. The first-order chi connectivity index (χ1) is 27.3. The molecule has 0 bridgehead atoms. The van der Waals surface area contributed by atoms with Crippen molar-refractivity contribution in [3.63, 3.8) is 0 Å². The van der Waals surface area contributed by atoms with Gasteiger partial charge in [0, 0.05) is 12.8 Å². The van der Waals surface area contributed by atoms with Gasteiger partial charge in [0.25, 0.3) is 0 Å². The fourth-order valence-electron chi connectivity index (χ4n) is 15.3. The van der Waals surface area contributed by atoms with Crippen LogP contribution in [0.1, 0.15) is 120 Å². The van der Waals surface area contributed by atoms with Crippen molar-refractivity contribution < 1.29 is 74.1 Å². The Balaban J connectivity index is 1.04. The maximum atomic E-state index is 12.5. The number of hydrogen-bond acceptors (Lipinski definition) is 15. The molecule has 22 atom stereocenters. The lowest BCUT2D eigenvalue weighted by Crippen LogP contribution is -2.66. The average molecular weight is 841 g/mol. The van der Waals surface area contributed by atoms with Crippen LogP contribution in [0, 0.1) is 44.8 Å². The van der Waals surface area contributed by atoms with Crippen molar-refractivity contribution in [2.24, 2.45) is 44.8 Å². The quantitative estimate of drug-likeness (QED) is 0.128. The predicted octanol–water partition coefficient (Wildman–Crippen LogP) is 1.68. The van der Waals surface area contributed by atoms with E-state index in [9.17, 15) is 45.6 Å². The fraction of sp³-hybridized carbons (Fsp3) is 0.977. The molecule has 8 fully saturated rings. The van der Waals surface area contributed by atoms with Gasteiger partial charge in [0.1, 0.15) is 49.3 Å². The molecule has 8 N–H and O–H groups in total. The summed E-state index contributed by atoms with van der Waals surface area (Å²) in [6, 6.07) is 0. The van der Waals surface area contributed by atoms with Gasteiger partial charge < -0.3 is 69.3 Å². The molecule has 338 valence electrons. The second-order valence-electron chi connectivity index (χ2n) is 22.1. The molecule has 0 aromatic heterocycles. The van der Waals surface area contributed by atoms with Gasteiger partial charge in [-0.15, -0.1) is 0 Å². The van der Waals surface area contributed by atoms with Crippen LogP contribution in [0.4, 0.5) is 0 Å². The number of ether oxygens (including phenoxy) is 6. The Morgan fingerprint density at radius 2 is 1.44 bits per heavy atom. The highest BCUT2D eigenvalue weighted by atomic mass is 16.8. The summed E-state index contributed by atoms with van der Waals surface area (Å²) in [4.78, 5) is 11.7. The summed E-state index contributed by atoms with van der Waals surface area (Å²) < 4.78 is 36.7. The lowest BCUT2D eigenvalue weighted by Gasteiger charge is -2.65. The fourth-order valence-corrected chi connectivity index (χ4v) is 15.3. The number of carbonyl (C=O) groups is 1. The Morgan fingerprint density at radius 3 is 2.08 bits per heavy atom. The van der Waals surface area contributed by atoms with E-state index in [1.165, 1.54) is 13.8 Å². The van der Waals surface area contributed by atoms with Crippen LogP contribution in [0.2, 0.25) is 0 Å². The number of fused-ring (bicyclic) bond motifs is 2. The maximum Gasteiger partial charge on any atom is 0.302 e. The molecule has 59 heavy (non-hydrogen) atoms. The molecule has 22 unspecified atom stereocenters. The number of carbonyl (C=O) groups excluding carboxylic acids is 1. The van der Waals surface area contributed by atoms with Crippen molar-refractivity contribution in [3.05, 3.63) is 0 Å². The number of aliphatic hydroxyl groups excluding tert-OH is 7.